The topological polar surface area (TPSA) is 85.2 Å². The Kier molecular flexibility index (Phi) is 6.89. The first-order valence-electron chi connectivity index (χ1n) is 10.4. The second-order valence-electron chi connectivity index (χ2n) is 7.68. The summed E-state index contributed by atoms with van der Waals surface area (Å²) in [5, 5.41) is 19.7. The number of piperazine rings is 1. The molecule has 0 unspecified atom stereocenters. The van der Waals surface area contributed by atoms with Gasteiger partial charge < -0.3 is 24.7 Å². The largest absolute Gasteiger partial charge is 0.452 e. The fraction of sp³-hybridized carbons (Fsp3) is 0.524. The van der Waals surface area contributed by atoms with E-state index < -0.39 is 0 Å². The number of halogens is 1. The third-order valence-corrected chi connectivity index (χ3v) is 5.85. The molecule has 2 fully saturated rings. The highest BCUT2D eigenvalue weighted by molar-refractivity contribution is 6.30. The minimum absolute atomic E-state index is 0.170. The van der Waals surface area contributed by atoms with Gasteiger partial charge in [-0.25, -0.2) is 4.98 Å². The van der Waals surface area contributed by atoms with Gasteiger partial charge in [0.05, 0.1) is 18.9 Å². The van der Waals surface area contributed by atoms with Crippen molar-refractivity contribution in [3.8, 4) is 11.5 Å². The number of aromatic nitrogens is 2. The molecule has 2 aromatic rings. The van der Waals surface area contributed by atoms with Crippen LogP contribution in [0.4, 0.5) is 11.8 Å². The molecule has 2 N–H and O–H groups in total. The molecule has 0 saturated carbocycles. The van der Waals surface area contributed by atoms with Crippen LogP contribution in [0.25, 0.3) is 0 Å². The van der Waals surface area contributed by atoms with E-state index in [2.05, 4.69) is 19.7 Å². The van der Waals surface area contributed by atoms with Crippen molar-refractivity contribution in [3.63, 3.8) is 0 Å². The number of aliphatic hydroxyl groups excluding tert-OH is 2. The number of hydrogen-bond donors (Lipinski definition) is 2. The minimum atomic E-state index is -0.243. The maximum absolute atomic E-state index is 9.80. The lowest BCUT2D eigenvalue weighted by Crippen LogP contribution is -2.47. The van der Waals surface area contributed by atoms with E-state index in [0.717, 1.165) is 57.9 Å². The first kappa shape index (κ1) is 21.1. The highest BCUT2D eigenvalue weighted by Crippen LogP contribution is 2.33. The zero-order chi connectivity index (χ0) is 20.9. The second kappa shape index (κ2) is 9.78. The number of benzene rings is 1. The van der Waals surface area contributed by atoms with E-state index in [4.69, 9.17) is 21.3 Å². The lowest BCUT2D eigenvalue weighted by Gasteiger charge is -2.36. The zero-order valence-corrected chi connectivity index (χ0v) is 17.7. The van der Waals surface area contributed by atoms with Gasteiger partial charge in [0.2, 0.25) is 5.95 Å². The molecule has 0 bridgehead atoms. The Hall–Kier alpha value is -2.13. The molecule has 0 atom stereocenters. The number of aliphatic hydroxyl groups is 2. The van der Waals surface area contributed by atoms with Crippen molar-refractivity contribution in [3.05, 3.63) is 35.5 Å². The van der Waals surface area contributed by atoms with Crippen molar-refractivity contribution >= 4 is 23.4 Å². The third kappa shape index (κ3) is 5.13. The van der Waals surface area contributed by atoms with Crippen LogP contribution >= 0.6 is 11.6 Å². The summed E-state index contributed by atoms with van der Waals surface area (Å²) in [5.74, 6) is 2.72. The van der Waals surface area contributed by atoms with Crippen LogP contribution in [0.15, 0.2) is 30.5 Å². The summed E-state index contributed by atoms with van der Waals surface area (Å²) in [4.78, 5) is 16.0. The van der Waals surface area contributed by atoms with Gasteiger partial charge in [-0.1, -0.05) is 11.6 Å². The van der Waals surface area contributed by atoms with E-state index in [1.54, 1.807) is 18.3 Å². The normalized spacial score (nSPS) is 18.6. The van der Waals surface area contributed by atoms with Crippen molar-refractivity contribution in [2.24, 2.45) is 0 Å². The number of anilines is 2. The molecule has 162 valence electrons. The Morgan fingerprint density at radius 3 is 2.37 bits per heavy atom. The van der Waals surface area contributed by atoms with Gasteiger partial charge in [-0.3, -0.25) is 4.90 Å². The maximum Gasteiger partial charge on any atom is 0.227 e. The summed E-state index contributed by atoms with van der Waals surface area (Å²) in [7, 11) is 0. The van der Waals surface area contributed by atoms with Crippen LogP contribution in [0.2, 0.25) is 5.02 Å². The number of piperidine rings is 1. The molecule has 2 aliphatic rings. The molecule has 30 heavy (non-hydrogen) atoms. The number of ether oxygens (including phenoxy) is 1. The lowest BCUT2D eigenvalue weighted by molar-refractivity contribution is 0.145. The van der Waals surface area contributed by atoms with Gasteiger partial charge in [-0.15, -0.1) is 0 Å². The number of rotatable bonds is 6. The van der Waals surface area contributed by atoms with E-state index in [0.29, 0.717) is 29.0 Å². The zero-order valence-electron chi connectivity index (χ0n) is 17.0. The summed E-state index contributed by atoms with van der Waals surface area (Å²) in [5.41, 5.74) is 0. The highest BCUT2D eigenvalue weighted by atomic mass is 35.5. The molecular formula is C21H28ClN5O3. The van der Waals surface area contributed by atoms with Gasteiger partial charge >= 0.3 is 0 Å². The molecule has 0 aliphatic carbocycles. The molecular weight excluding hydrogens is 406 g/mol. The predicted octanol–water partition coefficient (Wildman–Crippen LogP) is 2.00. The van der Waals surface area contributed by atoms with Gasteiger partial charge in [0.1, 0.15) is 5.75 Å². The van der Waals surface area contributed by atoms with Crippen LogP contribution in [-0.2, 0) is 0 Å². The molecule has 0 spiro atoms. The fourth-order valence-corrected chi connectivity index (χ4v) is 3.95. The van der Waals surface area contributed by atoms with E-state index in [-0.39, 0.29) is 12.7 Å². The molecule has 3 heterocycles. The summed E-state index contributed by atoms with van der Waals surface area (Å²) in [6.45, 7) is 5.64. The van der Waals surface area contributed by atoms with Crippen LogP contribution in [0.3, 0.4) is 0 Å². The lowest BCUT2D eigenvalue weighted by atomic mass is 10.1. The second-order valence-corrected chi connectivity index (χ2v) is 8.12. The van der Waals surface area contributed by atoms with Crippen molar-refractivity contribution in [1.82, 2.24) is 14.9 Å². The minimum Gasteiger partial charge on any atom is -0.452 e. The van der Waals surface area contributed by atoms with E-state index in [1.165, 1.54) is 0 Å². The Bertz CT molecular complexity index is 822. The van der Waals surface area contributed by atoms with Crippen LogP contribution < -0.4 is 14.5 Å². The van der Waals surface area contributed by atoms with Crippen molar-refractivity contribution in [2.45, 2.75) is 18.9 Å². The SMILES string of the molecule is OCCN1CCN(c2nc(N3CCC(O)CC3)ncc2Oc2ccc(Cl)cc2)CC1. The van der Waals surface area contributed by atoms with E-state index >= 15 is 0 Å². The standard InChI is InChI=1S/C21H28ClN5O3/c22-16-1-3-18(4-2-16)30-19-15-23-21(27-7-5-17(29)6-8-27)24-20(19)26-11-9-25(10-12-26)13-14-28/h1-4,15,17,28-29H,5-14H2. The quantitative estimate of drug-likeness (QED) is 0.715. The van der Waals surface area contributed by atoms with Crippen LogP contribution in [0.5, 0.6) is 11.5 Å². The fourth-order valence-electron chi connectivity index (χ4n) is 3.82. The third-order valence-electron chi connectivity index (χ3n) is 5.60. The molecule has 9 heteroatoms. The van der Waals surface area contributed by atoms with Gasteiger partial charge in [0.15, 0.2) is 11.6 Å². The van der Waals surface area contributed by atoms with Crippen LogP contribution in [0.1, 0.15) is 12.8 Å². The molecule has 8 nitrogen and oxygen atoms in total. The number of nitrogens with zero attached hydrogens (tertiary/aromatic N) is 5. The van der Waals surface area contributed by atoms with Gasteiger partial charge in [0, 0.05) is 50.8 Å². The molecule has 0 amide bonds. The van der Waals surface area contributed by atoms with Crippen molar-refractivity contribution in [2.75, 3.05) is 62.2 Å². The highest BCUT2D eigenvalue weighted by Gasteiger charge is 2.25. The van der Waals surface area contributed by atoms with Crippen LogP contribution in [-0.4, -0.2) is 83.6 Å². The number of β-amino-alcohol motifs (C(OH)–C–C–N with tert-alkyl or cyclic N) is 1. The van der Waals surface area contributed by atoms with Crippen molar-refractivity contribution in [1.29, 1.82) is 0 Å². The summed E-state index contributed by atoms with van der Waals surface area (Å²) in [6, 6.07) is 7.23. The molecule has 2 saturated heterocycles. The summed E-state index contributed by atoms with van der Waals surface area (Å²) in [6.07, 6.45) is 2.94. The van der Waals surface area contributed by atoms with Gasteiger partial charge in [-0.2, -0.15) is 4.98 Å². The van der Waals surface area contributed by atoms with E-state index in [1.807, 2.05) is 12.1 Å². The maximum atomic E-state index is 9.80. The smallest absolute Gasteiger partial charge is 0.227 e. The molecule has 1 aromatic carbocycles. The van der Waals surface area contributed by atoms with Crippen molar-refractivity contribution < 1.29 is 14.9 Å². The first-order valence-corrected chi connectivity index (χ1v) is 10.8. The monoisotopic (exact) mass is 433 g/mol. The molecule has 2 aliphatic heterocycles. The van der Waals surface area contributed by atoms with Crippen LogP contribution in [0, 0.1) is 0 Å². The molecule has 4 rings (SSSR count). The summed E-state index contributed by atoms with van der Waals surface area (Å²) >= 11 is 5.99. The summed E-state index contributed by atoms with van der Waals surface area (Å²) < 4.78 is 6.11. The predicted molar refractivity (Wildman–Crippen MR) is 117 cm³/mol. The average molecular weight is 434 g/mol. The average Bonchev–Trinajstić information content (AvgIpc) is 2.77. The molecule has 0 radical (unpaired) electrons. The Morgan fingerprint density at radius 1 is 1.00 bits per heavy atom. The Balaban J connectivity index is 1.57. The number of hydrogen-bond acceptors (Lipinski definition) is 8. The first-order chi connectivity index (χ1) is 14.6. The Labute approximate surface area is 181 Å². The Morgan fingerprint density at radius 2 is 1.70 bits per heavy atom. The molecule has 1 aromatic heterocycles. The van der Waals surface area contributed by atoms with E-state index in [9.17, 15) is 10.2 Å². The van der Waals surface area contributed by atoms with Gasteiger partial charge in [0.25, 0.3) is 0 Å². The van der Waals surface area contributed by atoms with Gasteiger partial charge in [-0.05, 0) is 37.1 Å².